The normalized spacial score (nSPS) is 13.0. The highest BCUT2D eigenvalue weighted by molar-refractivity contribution is 5.91. The van der Waals surface area contributed by atoms with E-state index in [0.29, 0.717) is 12.0 Å². The number of hydrogen-bond donors (Lipinski definition) is 3. The molecule has 0 radical (unpaired) electrons. The van der Waals surface area contributed by atoms with E-state index in [-0.39, 0.29) is 6.42 Å². The lowest BCUT2D eigenvalue weighted by molar-refractivity contribution is -0.131. The average Bonchev–Trinajstić information content (AvgIpc) is 2.51. The van der Waals surface area contributed by atoms with E-state index in [4.69, 9.17) is 5.73 Å². The quantitative estimate of drug-likeness (QED) is 0.627. The molecular formula is C17H24FN3O3. The Kier molecular flexibility index (Phi) is 7.88. The predicted octanol–water partition coefficient (Wildman–Crippen LogP) is 1.03. The highest BCUT2D eigenvalue weighted by Crippen LogP contribution is 2.10. The maximum Gasteiger partial charge on any atom is 0.243 e. The number of carbonyl (C=O) groups excluding carboxylic acids is 3. The minimum atomic E-state index is -0.983. The summed E-state index contributed by atoms with van der Waals surface area (Å²) in [5.74, 6) is -2.08. The molecule has 0 heterocycles. The Morgan fingerprint density at radius 3 is 2.38 bits per heavy atom. The Hall–Kier alpha value is -2.44. The van der Waals surface area contributed by atoms with E-state index in [9.17, 15) is 18.8 Å². The summed E-state index contributed by atoms with van der Waals surface area (Å²) in [4.78, 5) is 35.2. The summed E-state index contributed by atoms with van der Waals surface area (Å²) in [5.41, 5.74) is 5.60. The molecule has 132 valence electrons. The monoisotopic (exact) mass is 337 g/mol. The maximum atomic E-state index is 13.8. The Morgan fingerprint density at radius 2 is 1.83 bits per heavy atom. The third-order valence-electron chi connectivity index (χ3n) is 3.58. The van der Waals surface area contributed by atoms with Crippen LogP contribution in [0, 0.1) is 5.82 Å². The Labute approximate surface area is 141 Å². The minimum absolute atomic E-state index is 0.0165. The molecule has 0 unspecified atom stereocenters. The number of halogens is 1. The zero-order valence-electron chi connectivity index (χ0n) is 14.0. The summed E-state index contributed by atoms with van der Waals surface area (Å²) in [6.45, 7) is 3.22. The van der Waals surface area contributed by atoms with Crippen LogP contribution < -0.4 is 16.4 Å². The fourth-order valence-electron chi connectivity index (χ4n) is 2.30. The van der Waals surface area contributed by atoms with Gasteiger partial charge in [-0.2, -0.15) is 0 Å². The molecule has 1 aromatic carbocycles. The zero-order valence-corrected chi connectivity index (χ0v) is 14.0. The number of unbranched alkanes of at least 4 members (excludes halogenated alkanes) is 1. The minimum Gasteiger partial charge on any atom is -0.368 e. The molecule has 0 fully saturated rings. The first-order valence-corrected chi connectivity index (χ1v) is 7.95. The molecule has 0 bridgehead atoms. The van der Waals surface area contributed by atoms with Crippen molar-refractivity contribution in [3.63, 3.8) is 0 Å². The summed E-state index contributed by atoms with van der Waals surface area (Å²) in [6.07, 6.45) is 1.98. The number of amides is 3. The van der Waals surface area contributed by atoms with E-state index >= 15 is 0 Å². The van der Waals surface area contributed by atoms with Crippen LogP contribution in [0.4, 0.5) is 4.39 Å². The van der Waals surface area contributed by atoms with E-state index < -0.39 is 35.6 Å². The van der Waals surface area contributed by atoms with Gasteiger partial charge < -0.3 is 16.4 Å². The smallest absolute Gasteiger partial charge is 0.243 e. The van der Waals surface area contributed by atoms with Gasteiger partial charge in [-0.05, 0) is 18.1 Å². The zero-order chi connectivity index (χ0) is 18.1. The summed E-state index contributed by atoms with van der Waals surface area (Å²) >= 11 is 0. The highest BCUT2D eigenvalue weighted by atomic mass is 19.1. The molecule has 0 aliphatic rings. The molecule has 24 heavy (non-hydrogen) atoms. The van der Waals surface area contributed by atoms with Crippen molar-refractivity contribution in [3.8, 4) is 0 Å². The molecule has 7 heteroatoms. The Balaban J connectivity index is 2.86. The lowest BCUT2D eigenvalue weighted by Crippen LogP contribution is -2.53. The van der Waals surface area contributed by atoms with Crippen LogP contribution in [0.1, 0.15) is 38.7 Å². The molecule has 3 amide bonds. The second-order valence-corrected chi connectivity index (χ2v) is 5.65. The highest BCUT2D eigenvalue weighted by Gasteiger charge is 2.25. The van der Waals surface area contributed by atoms with E-state index in [1.165, 1.54) is 13.0 Å². The van der Waals surface area contributed by atoms with E-state index in [2.05, 4.69) is 10.6 Å². The van der Waals surface area contributed by atoms with Crippen molar-refractivity contribution in [2.45, 2.75) is 51.6 Å². The number of rotatable bonds is 9. The number of nitrogens with two attached hydrogens (primary N) is 1. The van der Waals surface area contributed by atoms with Crippen molar-refractivity contribution in [3.05, 3.63) is 35.6 Å². The molecule has 4 N–H and O–H groups in total. The van der Waals surface area contributed by atoms with E-state index in [0.717, 1.165) is 12.8 Å². The van der Waals surface area contributed by atoms with Gasteiger partial charge in [0.25, 0.3) is 0 Å². The average molecular weight is 337 g/mol. The Bertz CT molecular complexity index is 592. The number of nitrogens with one attached hydrogen (secondary N) is 2. The van der Waals surface area contributed by atoms with Crippen LogP contribution in [0.5, 0.6) is 0 Å². The van der Waals surface area contributed by atoms with Gasteiger partial charge in [0.15, 0.2) is 0 Å². The lowest BCUT2D eigenvalue weighted by atomic mass is 10.0. The van der Waals surface area contributed by atoms with Crippen molar-refractivity contribution in [2.75, 3.05) is 0 Å². The van der Waals surface area contributed by atoms with Gasteiger partial charge in [-0.3, -0.25) is 14.4 Å². The molecule has 1 aromatic rings. The molecule has 2 atom stereocenters. The lowest BCUT2D eigenvalue weighted by Gasteiger charge is -2.21. The van der Waals surface area contributed by atoms with E-state index in [1.807, 2.05) is 6.92 Å². The molecule has 0 aliphatic carbocycles. The number of primary amides is 1. The van der Waals surface area contributed by atoms with Crippen LogP contribution in [0.25, 0.3) is 0 Å². The van der Waals surface area contributed by atoms with Crippen molar-refractivity contribution in [1.29, 1.82) is 0 Å². The molecule has 6 nitrogen and oxygen atoms in total. The second kappa shape index (κ2) is 9.64. The summed E-state index contributed by atoms with van der Waals surface area (Å²) < 4.78 is 13.8. The Morgan fingerprint density at radius 1 is 1.17 bits per heavy atom. The van der Waals surface area contributed by atoms with Gasteiger partial charge >= 0.3 is 0 Å². The van der Waals surface area contributed by atoms with Crippen LogP contribution in [-0.4, -0.2) is 29.8 Å². The van der Waals surface area contributed by atoms with Gasteiger partial charge in [0, 0.05) is 13.3 Å². The van der Waals surface area contributed by atoms with Gasteiger partial charge in [-0.15, -0.1) is 0 Å². The van der Waals surface area contributed by atoms with Crippen molar-refractivity contribution in [1.82, 2.24) is 10.6 Å². The number of benzene rings is 1. The van der Waals surface area contributed by atoms with Crippen molar-refractivity contribution < 1.29 is 18.8 Å². The van der Waals surface area contributed by atoms with Crippen LogP contribution in [0.2, 0.25) is 0 Å². The van der Waals surface area contributed by atoms with Gasteiger partial charge in [0.05, 0.1) is 0 Å². The standard InChI is InChI=1S/C17H24FN3O3/c1-3-4-9-14(16(19)23)21-17(24)15(20-11(2)22)10-12-7-5-6-8-13(12)18/h5-8,14-15H,3-4,9-10H2,1-2H3,(H2,19,23)(H,20,22)(H,21,24)/t14-,15-/m0/s1. The largest absolute Gasteiger partial charge is 0.368 e. The van der Waals surface area contributed by atoms with Gasteiger partial charge in [-0.25, -0.2) is 4.39 Å². The fourth-order valence-corrected chi connectivity index (χ4v) is 2.30. The van der Waals surface area contributed by atoms with Crippen LogP contribution in [-0.2, 0) is 20.8 Å². The number of hydrogen-bond acceptors (Lipinski definition) is 3. The third kappa shape index (κ3) is 6.36. The predicted molar refractivity (Wildman–Crippen MR) is 88.4 cm³/mol. The SMILES string of the molecule is CCCC[C@H](NC(=O)[C@H](Cc1ccccc1F)NC(C)=O)C(N)=O. The topological polar surface area (TPSA) is 101 Å². The van der Waals surface area contributed by atoms with Gasteiger partial charge in [0.2, 0.25) is 17.7 Å². The molecular weight excluding hydrogens is 313 g/mol. The molecule has 0 aromatic heterocycles. The van der Waals surface area contributed by atoms with Crippen LogP contribution >= 0.6 is 0 Å². The summed E-state index contributed by atoms with van der Waals surface area (Å²) in [7, 11) is 0. The summed E-state index contributed by atoms with van der Waals surface area (Å²) in [5, 5.41) is 5.03. The molecule has 0 aliphatic heterocycles. The molecule has 1 rings (SSSR count). The van der Waals surface area contributed by atoms with Crippen LogP contribution in [0.3, 0.4) is 0 Å². The maximum absolute atomic E-state index is 13.8. The first-order chi connectivity index (χ1) is 11.3. The van der Waals surface area contributed by atoms with E-state index in [1.54, 1.807) is 18.2 Å². The summed E-state index contributed by atoms with van der Waals surface area (Å²) in [6, 6.07) is 4.22. The molecule has 0 saturated carbocycles. The van der Waals surface area contributed by atoms with Crippen molar-refractivity contribution in [2.24, 2.45) is 5.73 Å². The second-order valence-electron chi connectivity index (χ2n) is 5.65. The first kappa shape index (κ1) is 19.6. The first-order valence-electron chi connectivity index (χ1n) is 7.95. The van der Waals surface area contributed by atoms with Gasteiger partial charge in [-0.1, -0.05) is 38.0 Å². The number of carbonyl (C=O) groups is 3. The van der Waals surface area contributed by atoms with Crippen molar-refractivity contribution >= 4 is 17.7 Å². The van der Waals surface area contributed by atoms with Crippen LogP contribution in [0.15, 0.2) is 24.3 Å². The fraction of sp³-hybridized carbons (Fsp3) is 0.471. The third-order valence-corrected chi connectivity index (χ3v) is 3.58. The molecule has 0 spiro atoms. The molecule has 0 saturated heterocycles. The van der Waals surface area contributed by atoms with Gasteiger partial charge in [0.1, 0.15) is 17.9 Å².